The van der Waals surface area contributed by atoms with Crippen LogP contribution in [0.4, 0.5) is 17.1 Å². The zero-order chi connectivity index (χ0) is 34.6. The molecule has 0 fully saturated rings. The summed E-state index contributed by atoms with van der Waals surface area (Å²) in [6.07, 6.45) is 0. The van der Waals surface area contributed by atoms with Crippen molar-refractivity contribution in [3.63, 3.8) is 0 Å². The van der Waals surface area contributed by atoms with Crippen LogP contribution in [-0.4, -0.2) is 0 Å². The molecule has 0 atom stereocenters. The van der Waals surface area contributed by atoms with Crippen LogP contribution < -0.4 is 4.90 Å². The maximum absolute atomic E-state index is 6.79. The number of anilines is 3. The van der Waals surface area contributed by atoms with E-state index in [0.717, 1.165) is 77.5 Å². The molecular formula is C49H33NO2. The quantitative estimate of drug-likeness (QED) is 0.187. The summed E-state index contributed by atoms with van der Waals surface area (Å²) in [7, 11) is 0. The second kappa shape index (κ2) is 10.7. The third kappa shape index (κ3) is 3.96. The van der Waals surface area contributed by atoms with E-state index >= 15 is 0 Å². The van der Waals surface area contributed by atoms with Crippen LogP contribution in [0.5, 0.6) is 0 Å². The van der Waals surface area contributed by atoms with E-state index in [-0.39, 0.29) is 5.41 Å². The van der Waals surface area contributed by atoms with Crippen molar-refractivity contribution in [2.24, 2.45) is 0 Å². The van der Waals surface area contributed by atoms with Crippen molar-refractivity contribution in [2.45, 2.75) is 19.3 Å². The number of hydrogen-bond donors (Lipinski definition) is 0. The Kier molecular flexibility index (Phi) is 6.01. The first-order valence-electron chi connectivity index (χ1n) is 17.9. The molecule has 2 heterocycles. The predicted molar refractivity (Wildman–Crippen MR) is 216 cm³/mol. The SMILES string of the molecule is CC1(C)c2ccccc2-c2cccc(N(c3ccccc3-c3cccc4oc5c6ccccc6ccc5c34)c3cccc4c3oc3ccccc34)c21. The lowest BCUT2D eigenvalue weighted by molar-refractivity contribution is 0.659. The van der Waals surface area contributed by atoms with Gasteiger partial charge >= 0.3 is 0 Å². The average Bonchev–Trinajstić information content (AvgIpc) is 3.84. The van der Waals surface area contributed by atoms with Crippen LogP contribution in [0.3, 0.4) is 0 Å². The lowest BCUT2D eigenvalue weighted by atomic mass is 9.81. The van der Waals surface area contributed by atoms with Crippen LogP contribution in [0.15, 0.2) is 173 Å². The fourth-order valence-electron chi connectivity index (χ4n) is 8.98. The van der Waals surface area contributed by atoms with E-state index in [4.69, 9.17) is 8.83 Å². The van der Waals surface area contributed by atoms with Gasteiger partial charge in [0.05, 0.1) is 17.1 Å². The molecule has 0 unspecified atom stereocenters. The maximum atomic E-state index is 6.79. The monoisotopic (exact) mass is 667 g/mol. The first-order chi connectivity index (χ1) is 25.6. The minimum atomic E-state index is -0.237. The number of rotatable bonds is 4. The maximum Gasteiger partial charge on any atom is 0.159 e. The second-order valence-corrected chi connectivity index (χ2v) is 14.4. The summed E-state index contributed by atoms with van der Waals surface area (Å²) >= 11 is 0. The van der Waals surface area contributed by atoms with E-state index in [2.05, 4.69) is 176 Å². The third-order valence-corrected chi connectivity index (χ3v) is 11.2. The molecule has 8 aromatic carbocycles. The van der Waals surface area contributed by atoms with Gasteiger partial charge in [-0.25, -0.2) is 0 Å². The van der Waals surface area contributed by atoms with Gasteiger partial charge < -0.3 is 13.7 Å². The molecule has 0 N–H and O–H groups in total. The number of benzene rings is 8. The molecule has 11 rings (SSSR count). The molecule has 3 nitrogen and oxygen atoms in total. The molecule has 10 aromatic rings. The Morgan fingerprint density at radius 2 is 1.02 bits per heavy atom. The van der Waals surface area contributed by atoms with Gasteiger partial charge in [0.1, 0.15) is 16.7 Å². The van der Waals surface area contributed by atoms with Crippen molar-refractivity contribution in [3.8, 4) is 22.3 Å². The van der Waals surface area contributed by atoms with Gasteiger partial charge in [-0.05, 0) is 69.6 Å². The van der Waals surface area contributed by atoms with Crippen LogP contribution in [-0.2, 0) is 5.41 Å². The highest BCUT2D eigenvalue weighted by Crippen LogP contribution is 2.56. The molecule has 0 saturated carbocycles. The molecule has 52 heavy (non-hydrogen) atoms. The molecule has 0 aliphatic heterocycles. The smallest absolute Gasteiger partial charge is 0.159 e. The lowest BCUT2D eigenvalue weighted by Gasteiger charge is -2.33. The van der Waals surface area contributed by atoms with Crippen LogP contribution >= 0.6 is 0 Å². The Hall–Kier alpha value is -6.58. The van der Waals surface area contributed by atoms with Crippen LogP contribution in [0.1, 0.15) is 25.0 Å². The van der Waals surface area contributed by atoms with Gasteiger partial charge in [-0.15, -0.1) is 0 Å². The van der Waals surface area contributed by atoms with Gasteiger partial charge in [0.2, 0.25) is 0 Å². The Morgan fingerprint density at radius 3 is 1.94 bits per heavy atom. The summed E-state index contributed by atoms with van der Waals surface area (Å²) < 4.78 is 13.5. The fraction of sp³-hybridized carbons (Fsp3) is 0.0612. The molecule has 2 aromatic heterocycles. The molecule has 0 bridgehead atoms. The van der Waals surface area contributed by atoms with E-state index in [1.165, 1.54) is 27.6 Å². The van der Waals surface area contributed by atoms with Crippen molar-refractivity contribution >= 4 is 71.7 Å². The van der Waals surface area contributed by atoms with Crippen molar-refractivity contribution in [3.05, 3.63) is 175 Å². The molecule has 1 aliphatic rings. The molecule has 0 saturated heterocycles. The van der Waals surface area contributed by atoms with E-state index < -0.39 is 0 Å². The normalized spacial score (nSPS) is 13.3. The van der Waals surface area contributed by atoms with Crippen LogP contribution in [0.25, 0.3) is 76.9 Å². The minimum Gasteiger partial charge on any atom is -0.455 e. The highest BCUT2D eigenvalue weighted by molar-refractivity contribution is 6.20. The van der Waals surface area contributed by atoms with Gasteiger partial charge in [-0.3, -0.25) is 0 Å². The standard InChI is InChI=1S/C49H33NO2/c1-49(2)39-22-8-5-16-32(39)36-20-11-24-41(46(36)49)50(42-25-12-21-37-34-18-7-10-26-43(34)51-48(37)42)40-23-9-6-17-33(40)35-19-13-27-44-45(35)38-29-28-30-14-3-4-15-31(30)47(38)52-44/h3-29H,1-2H3. The zero-order valence-electron chi connectivity index (χ0n) is 28.9. The summed E-state index contributed by atoms with van der Waals surface area (Å²) in [5, 5.41) is 6.73. The van der Waals surface area contributed by atoms with Gasteiger partial charge in [0.15, 0.2) is 5.58 Å². The van der Waals surface area contributed by atoms with E-state index in [1.54, 1.807) is 0 Å². The number of furan rings is 2. The second-order valence-electron chi connectivity index (χ2n) is 14.4. The van der Waals surface area contributed by atoms with Gasteiger partial charge in [0, 0.05) is 37.9 Å². The fourth-order valence-corrected chi connectivity index (χ4v) is 8.98. The highest BCUT2D eigenvalue weighted by Gasteiger charge is 2.39. The topological polar surface area (TPSA) is 29.5 Å². The summed E-state index contributed by atoms with van der Waals surface area (Å²) in [6, 6.07) is 58.6. The van der Waals surface area contributed by atoms with Gasteiger partial charge in [0.25, 0.3) is 0 Å². The van der Waals surface area contributed by atoms with E-state index in [0.29, 0.717) is 0 Å². The van der Waals surface area contributed by atoms with Crippen molar-refractivity contribution < 1.29 is 8.83 Å². The minimum absolute atomic E-state index is 0.237. The number of fused-ring (bicyclic) bond motifs is 11. The lowest BCUT2D eigenvalue weighted by Crippen LogP contribution is -2.21. The van der Waals surface area contributed by atoms with Gasteiger partial charge in [-0.2, -0.15) is 0 Å². The first kappa shape index (κ1) is 29.2. The van der Waals surface area contributed by atoms with Crippen molar-refractivity contribution in [1.82, 2.24) is 0 Å². The van der Waals surface area contributed by atoms with Crippen molar-refractivity contribution in [2.75, 3.05) is 4.90 Å². The number of nitrogens with zero attached hydrogens (tertiary/aromatic N) is 1. The summed E-state index contributed by atoms with van der Waals surface area (Å²) in [5.74, 6) is 0. The Bertz CT molecular complexity index is 3070. The Morgan fingerprint density at radius 1 is 0.404 bits per heavy atom. The first-order valence-corrected chi connectivity index (χ1v) is 17.9. The van der Waals surface area contributed by atoms with E-state index in [1.807, 2.05) is 6.07 Å². The summed E-state index contributed by atoms with van der Waals surface area (Å²) in [6.45, 7) is 4.71. The molecule has 246 valence electrons. The largest absolute Gasteiger partial charge is 0.455 e. The highest BCUT2D eigenvalue weighted by atomic mass is 16.3. The zero-order valence-corrected chi connectivity index (χ0v) is 28.9. The van der Waals surface area contributed by atoms with Crippen molar-refractivity contribution in [1.29, 1.82) is 0 Å². The van der Waals surface area contributed by atoms with E-state index in [9.17, 15) is 0 Å². The van der Waals surface area contributed by atoms with Gasteiger partial charge in [-0.1, -0.05) is 141 Å². The average molecular weight is 668 g/mol. The molecule has 0 spiro atoms. The predicted octanol–water partition coefficient (Wildman–Crippen LogP) is 14.1. The molecule has 0 amide bonds. The third-order valence-electron chi connectivity index (χ3n) is 11.2. The molecule has 3 heteroatoms. The molecule has 0 radical (unpaired) electrons. The van der Waals surface area contributed by atoms with Crippen LogP contribution in [0, 0.1) is 0 Å². The number of para-hydroxylation sites is 3. The Labute approximate surface area is 301 Å². The summed E-state index contributed by atoms with van der Waals surface area (Å²) in [4.78, 5) is 2.45. The molecular weight excluding hydrogens is 635 g/mol. The number of hydrogen-bond acceptors (Lipinski definition) is 3. The summed E-state index contributed by atoms with van der Waals surface area (Å²) in [5.41, 5.74) is 13.9. The molecule has 1 aliphatic carbocycles. The Balaban J connectivity index is 1.24. The van der Waals surface area contributed by atoms with Crippen LogP contribution in [0.2, 0.25) is 0 Å².